The van der Waals surface area contributed by atoms with Crippen LogP contribution in [0.4, 0.5) is 5.69 Å². The molecule has 0 aromatic heterocycles. The molecule has 0 spiro atoms. The summed E-state index contributed by atoms with van der Waals surface area (Å²) >= 11 is 0. The van der Waals surface area contributed by atoms with E-state index in [-0.39, 0.29) is 5.91 Å². The van der Waals surface area contributed by atoms with E-state index in [1.165, 1.54) is 16.8 Å². The van der Waals surface area contributed by atoms with E-state index >= 15 is 0 Å². The molecule has 0 fully saturated rings. The first-order valence-electron chi connectivity index (χ1n) is 8.37. The van der Waals surface area contributed by atoms with Gasteiger partial charge in [-0.15, -0.1) is 0 Å². The molecule has 1 aliphatic rings. The molecule has 3 rings (SSSR count). The maximum Gasteiger partial charge on any atom is 0.251 e. The highest BCUT2D eigenvalue weighted by Crippen LogP contribution is 2.28. The van der Waals surface area contributed by atoms with E-state index in [1.54, 1.807) is 0 Å². The van der Waals surface area contributed by atoms with Gasteiger partial charge in [-0.3, -0.25) is 4.79 Å². The van der Waals surface area contributed by atoms with Crippen LogP contribution in [0.3, 0.4) is 0 Å². The second-order valence-corrected chi connectivity index (χ2v) is 6.40. The van der Waals surface area contributed by atoms with Gasteiger partial charge in [0, 0.05) is 30.9 Å². The molecule has 0 unspecified atom stereocenters. The summed E-state index contributed by atoms with van der Waals surface area (Å²) in [4.78, 5) is 14.5. The van der Waals surface area contributed by atoms with E-state index in [2.05, 4.69) is 48.3 Å². The molecule has 0 saturated heterocycles. The van der Waals surface area contributed by atoms with Gasteiger partial charge in [-0.1, -0.05) is 44.5 Å². The van der Waals surface area contributed by atoms with Crippen molar-refractivity contribution < 1.29 is 4.79 Å². The molecule has 1 aliphatic heterocycles. The highest BCUT2D eigenvalue weighted by molar-refractivity contribution is 5.94. The third-order valence-corrected chi connectivity index (χ3v) is 4.64. The molecule has 0 saturated carbocycles. The van der Waals surface area contributed by atoms with Crippen molar-refractivity contribution in [3.63, 3.8) is 0 Å². The second-order valence-electron chi connectivity index (χ2n) is 6.40. The number of nitrogens with one attached hydrogen (secondary N) is 1. The Morgan fingerprint density at radius 3 is 2.26 bits per heavy atom. The number of hydrogen-bond acceptors (Lipinski definition) is 2. The van der Waals surface area contributed by atoms with Gasteiger partial charge in [0.2, 0.25) is 0 Å². The summed E-state index contributed by atoms with van der Waals surface area (Å²) in [7, 11) is 0. The number of nitrogens with zero attached hydrogens (tertiary/aromatic N) is 1. The van der Waals surface area contributed by atoms with Crippen LogP contribution in [0.5, 0.6) is 0 Å². The van der Waals surface area contributed by atoms with Crippen LogP contribution in [-0.4, -0.2) is 12.5 Å². The minimum absolute atomic E-state index is 0.0153. The Hall–Kier alpha value is -2.29. The van der Waals surface area contributed by atoms with Gasteiger partial charge in [0.1, 0.15) is 0 Å². The summed E-state index contributed by atoms with van der Waals surface area (Å²) in [6.45, 7) is 6.90. The minimum atomic E-state index is 0.0153. The van der Waals surface area contributed by atoms with Gasteiger partial charge in [-0.25, -0.2) is 0 Å². The molecule has 1 heterocycles. The lowest BCUT2D eigenvalue weighted by Crippen LogP contribution is -2.28. The lowest BCUT2D eigenvalue weighted by atomic mass is 10.1. The molecule has 1 N–H and O–H groups in total. The SMILES string of the molecule is CC[C@H](C)CNC(=O)c1ccc(N2Cc3ccccc3C2)cc1. The first-order chi connectivity index (χ1) is 11.2. The molecular weight excluding hydrogens is 284 g/mol. The average molecular weight is 308 g/mol. The van der Waals surface area contributed by atoms with E-state index in [1.807, 2.05) is 24.3 Å². The minimum Gasteiger partial charge on any atom is -0.363 e. The van der Waals surface area contributed by atoms with Gasteiger partial charge in [-0.2, -0.15) is 0 Å². The maximum atomic E-state index is 12.2. The standard InChI is InChI=1S/C20H24N2O/c1-3-15(2)12-21-20(23)16-8-10-19(11-9-16)22-13-17-6-4-5-7-18(17)14-22/h4-11,15H,3,12-14H2,1-2H3,(H,21,23)/t15-/m0/s1. The van der Waals surface area contributed by atoms with Gasteiger partial charge < -0.3 is 10.2 Å². The molecule has 1 atom stereocenters. The molecule has 0 bridgehead atoms. The summed E-state index contributed by atoms with van der Waals surface area (Å²) < 4.78 is 0. The van der Waals surface area contributed by atoms with Gasteiger partial charge >= 0.3 is 0 Å². The monoisotopic (exact) mass is 308 g/mol. The summed E-state index contributed by atoms with van der Waals surface area (Å²) in [6.07, 6.45) is 1.08. The normalized spacial score (nSPS) is 14.4. The molecular formula is C20H24N2O. The van der Waals surface area contributed by atoms with E-state index in [9.17, 15) is 4.79 Å². The number of carbonyl (C=O) groups is 1. The lowest BCUT2D eigenvalue weighted by molar-refractivity contribution is 0.0948. The topological polar surface area (TPSA) is 32.3 Å². The second kappa shape index (κ2) is 6.86. The predicted molar refractivity (Wildman–Crippen MR) is 94.6 cm³/mol. The molecule has 3 nitrogen and oxygen atoms in total. The average Bonchev–Trinajstić information content (AvgIpc) is 3.03. The van der Waals surface area contributed by atoms with Crippen molar-refractivity contribution in [3.8, 4) is 0 Å². The maximum absolute atomic E-state index is 12.2. The van der Waals surface area contributed by atoms with Crippen molar-refractivity contribution in [2.45, 2.75) is 33.4 Å². The fraction of sp³-hybridized carbons (Fsp3) is 0.350. The van der Waals surface area contributed by atoms with Gasteiger partial charge in [0.05, 0.1) is 0 Å². The Morgan fingerprint density at radius 2 is 1.70 bits per heavy atom. The zero-order chi connectivity index (χ0) is 16.2. The van der Waals surface area contributed by atoms with E-state index in [0.717, 1.165) is 31.6 Å². The molecule has 0 aliphatic carbocycles. The Labute approximate surface area is 138 Å². The highest BCUT2D eigenvalue weighted by Gasteiger charge is 2.18. The van der Waals surface area contributed by atoms with Crippen LogP contribution < -0.4 is 10.2 Å². The lowest BCUT2D eigenvalue weighted by Gasteiger charge is -2.18. The van der Waals surface area contributed by atoms with Crippen molar-refractivity contribution >= 4 is 11.6 Å². The van der Waals surface area contributed by atoms with Gasteiger partial charge in [0.15, 0.2) is 0 Å². The molecule has 2 aromatic rings. The quantitative estimate of drug-likeness (QED) is 0.906. The Kier molecular flexibility index (Phi) is 4.65. The number of anilines is 1. The fourth-order valence-corrected chi connectivity index (χ4v) is 2.85. The van der Waals surface area contributed by atoms with Crippen LogP contribution in [0.25, 0.3) is 0 Å². The van der Waals surface area contributed by atoms with Crippen LogP contribution in [0.2, 0.25) is 0 Å². The molecule has 0 radical (unpaired) electrons. The Morgan fingerprint density at radius 1 is 1.09 bits per heavy atom. The third-order valence-electron chi connectivity index (χ3n) is 4.64. The first kappa shape index (κ1) is 15.6. The van der Waals surface area contributed by atoms with E-state index in [0.29, 0.717) is 5.92 Å². The van der Waals surface area contributed by atoms with Gasteiger partial charge in [0.25, 0.3) is 5.91 Å². The van der Waals surface area contributed by atoms with Gasteiger partial charge in [-0.05, 0) is 41.3 Å². The first-order valence-corrected chi connectivity index (χ1v) is 8.37. The fourth-order valence-electron chi connectivity index (χ4n) is 2.85. The number of hydrogen-bond donors (Lipinski definition) is 1. The number of carbonyl (C=O) groups excluding carboxylic acids is 1. The van der Waals surface area contributed by atoms with Crippen molar-refractivity contribution in [1.29, 1.82) is 0 Å². The summed E-state index contributed by atoms with van der Waals surface area (Å²) in [5, 5.41) is 3.00. The zero-order valence-corrected chi connectivity index (χ0v) is 13.9. The van der Waals surface area contributed by atoms with Crippen LogP contribution in [0.1, 0.15) is 41.8 Å². The number of benzene rings is 2. The van der Waals surface area contributed by atoms with Crippen molar-refractivity contribution in [2.24, 2.45) is 5.92 Å². The number of amides is 1. The predicted octanol–water partition coefficient (Wildman–Crippen LogP) is 3.98. The zero-order valence-electron chi connectivity index (χ0n) is 13.9. The summed E-state index contributed by atoms with van der Waals surface area (Å²) in [5.41, 5.74) is 4.68. The van der Waals surface area contributed by atoms with E-state index in [4.69, 9.17) is 0 Å². The Bertz CT molecular complexity index is 653. The van der Waals surface area contributed by atoms with E-state index < -0.39 is 0 Å². The third kappa shape index (κ3) is 3.55. The molecule has 3 heteroatoms. The molecule has 120 valence electrons. The highest BCUT2D eigenvalue weighted by atomic mass is 16.1. The van der Waals surface area contributed by atoms with Crippen LogP contribution in [-0.2, 0) is 13.1 Å². The Balaban J connectivity index is 1.63. The van der Waals surface area contributed by atoms with Crippen LogP contribution in [0, 0.1) is 5.92 Å². The molecule has 2 aromatic carbocycles. The van der Waals surface area contributed by atoms with Crippen molar-refractivity contribution in [2.75, 3.05) is 11.4 Å². The largest absolute Gasteiger partial charge is 0.363 e. The smallest absolute Gasteiger partial charge is 0.251 e. The molecule has 1 amide bonds. The molecule has 23 heavy (non-hydrogen) atoms. The van der Waals surface area contributed by atoms with Crippen molar-refractivity contribution in [3.05, 3.63) is 65.2 Å². The summed E-state index contributed by atoms with van der Waals surface area (Å²) in [5.74, 6) is 0.530. The number of rotatable bonds is 5. The summed E-state index contributed by atoms with van der Waals surface area (Å²) in [6, 6.07) is 16.5. The van der Waals surface area contributed by atoms with Crippen LogP contribution in [0.15, 0.2) is 48.5 Å². The van der Waals surface area contributed by atoms with Crippen LogP contribution >= 0.6 is 0 Å². The van der Waals surface area contributed by atoms with Crippen molar-refractivity contribution in [1.82, 2.24) is 5.32 Å². The number of fused-ring (bicyclic) bond motifs is 1.